The molecular weight excluding hydrogens is 356 g/mol. The number of carbonyl (C=O) groups excluding carboxylic acids is 1. The smallest absolute Gasteiger partial charge is 0.410 e. The lowest BCUT2D eigenvalue weighted by Crippen LogP contribution is -2.42. The number of aromatic nitrogens is 1. The summed E-state index contributed by atoms with van der Waals surface area (Å²) in [4.78, 5) is 18.5. The van der Waals surface area contributed by atoms with E-state index in [-0.39, 0.29) is 12.1 Å². The van der Waals surface area contributed by atoms with Crippen molar-refractivity contribution in [1.82, 2.24) is 9.88 Å². The maximum absolute atomic E-state index is 12.5. The Morgan fingerprint density at radius 3 is 2.70 bits per heavy atom. The molecule has 1 fully saturated rings. The van der Waals surface area contributed by atoms with Crippen LogP contribution in [0.15, 0.2) is 18.5 Å². The quantitative estimate of drug-likeness (QED) is 0.571. The lowest BCUT2D eigenvalue weighted by Gasteiger charge is -2.28. The Kier molecular flexibility index (Phi) is 6.58. The molecule has 1 amide bonds. The highest BCUT2D eigenvalue weighted by atomic mass is 28.3. The van der Waals surface area contributed by atoms with E-state index >= 15 is 0 Å². The molecule has 1 aromatic heterocycles. The van der Waals surface area contributed by atoms with E-state index in [2.05, 4.69) is 43.0 Å². The first-order valence-electron chi connectivity index (χ1n) is 9.54. The molecule has 6 heteroatoms. The number of rotatable bonds is 3. The highest BCUT2D eigenvalue weighted by Crippen LogP contribution is 2.26. The third kappa shape index (κ3) is 6.91. The van der Waals surface area contributed by atoms with E-state index in [1.54, 1.807) is 17.3 Å². The molecule has 0 bridgehead atoms. The second-order valence-electron chi connectivity index (χ2n) is 9.31. The van der Waals surface area contributed by atoms with Crippen LogP contribution in [0.1, 0.15) is 39.7 Å². The van der Waals surface area contributed by atoms with Crippen LogP contribution in [0, 0.1) is 17.4 Å². The molecule has 0 N–H and O–H groups in total. The topological polar surface area (TPSA) is 51.7 Å². The molecule has 0 spiro atoms. The lowest BCUT2D eigenvalue weighted by atomic mass is 10.1. The highest BCUT2D eigenvalue weighted by Gasteiger charge is 2.36. The monoisotopic (exact) mass is 388 g/mol. The van der Waals surface area contributed by atoms with Gasteiger partial charge in [0.2, 0.25) is 0 Å². The number of nitrogens with zero attached hydrogens (tertiary/aromatic N) is 2. The van der Waals surface area contributed by atoms with Gasteiger partial charge in [-0.2, -0.15) is 0 Å². The molecule has 2 heterocycles. The van der Waals surface area contributed by atoms with E-state index in [9.17, 15) is 4.79 Å². The number of hydrogen-bond donors (Lipinski definition) is 0. The number of carbonyl (C=O) groups is 1. The van der Waals surface area contributed by atoms with Crippen LogP contribution in [0.5, 0.6) is 5.75 Å². The maximum atomic E-state index is 12.5. The summed E-state index contributed by atoms with van der Waals surface area (Å²) in [5.74, 6) is 4.34. The Morgan fingerprint density at radius 2 is 2.07 bits per heavy atom. The fraction of sp³-hybridized carbons (Fsp3) is 0.619. The van der Waals surface area contributed by atoms with Gasteiger partial charge in [0, 0.05) is 12.7 Å². The molecule has 0 unspecified atom stereocenters. The van der Waals surface area contributed by atoms with Crippen LogP contribution in [-0.4, -0.2) is 48.8 Å². The number of likely N-dealkylation sites (tertiary alicyclic amines) is 1. The molecule has 0 aliphatic carbocycles. The lowest BCUT2D eigenvalue weighted by molar-refractivity contribution is 0.0184. The molecule has 27 heavy (non-hydrogen) atoms. The first-order chi connectivity index (χ1) is 12.4. The van der Waals surface area contributed by atoms with Crippen molar-refractivity contribution in [1.29, 1.82) is 0 Å². The first kappa shape index (κ1) is 21.3. The predicted molar refractivity (Wildman–Crippen MR) is 110 cm³/mol. The van der Waals surface area contributed by atoms with Gasteiger partial charge < -0.3 is 14.4 Å². The van der Waals surface area contributed by atoms with Crippen LogP contribution in [0.3, 0.4) is 0 Å². The van der Waals surface area contributed by atoms with Gasteiger partial charge in [-0.05, 0) is 39.2 Å². The molecule has 2 atom stereocenters. The van der Waals surface area contributed by atoms with Gasteiger partial charge in [-0.1, -0.05) is 32.5 Å². The predicted octanol–water partition coefficient (Wildman–Crippen LogP) is 4.33. The summed E-state index contributed by atoms with van der Waals surface area (Å²) in [6, 6.07) is 1.87. The second-order valence-corrected chi connectivity index (χ2v) is 14.1. The van der Waals surface area contributed by atoms with Gasteiger partial charge in [0.25, 0.3) is 0 Å². The van der Waals surface area contributed by atoms with Crippen molar-refractivity contribution >= 4 is 14.2 Å². The molecule has 148 valence electrons. The minimum atomic E-state index is -1.48. The van der Waals surface area contributed by atoms with E-state index < -0.39 is 13.7 Å². The van der Waals surface area contributed by atoms with Gasteiger partial charge in [0.1, 0.15) is 20.3 Å². The van der Waals surface area contributed by atoms with Gasteiger partial charge in [-0.3, -0.25) is 4.98 Å². The van der Waals surface area contributed by atoms with Gasteiger partial charge >= 0.3 is 6.09 Å². The Labute approximate surface area is 164 Å². The minimum absolute atomic E-state index is 0.00661. The Morgan fingerprint density at radius 1 is 1.37 bits per heavy atom. The third-order valence-electron chi connectivity index (χ3n) is 4.04. The van der Waals surface area contributed by atoms with Gasteiger partial charge in [0.15, 0.2) is 5.75 Å². The van der Waals surface area contributed by atoms with Gasteiger partial charge in [0.05, 0.1) is 17.8 Å². The van der Waals surface area contributed by atoms with Crippen molar-refractivity contribution in [3.05, 3.63) is 24.0 Å². The Balaban J connectivity index is 2.08. The average Bonchev–Trinajstić information content (AvgIpc) is 2.90. The molecule has 2 rings (SSSR count). The van der Waals surface area contributed by atoms with Crippen molar-refractivity contribution in [2.24, 2.45) is 5.92 Å². The van der Waals surface area contributed by atoms with Crippen LogP contribution >= 0.6 is 0 Å². The SMILES string of the molecule is C[C@H]1C[C@@H](COc2cnccc2C#C[Si](C)(C)C)N(C(=O)OC(C)(C)C)C1. The number of hydrogen-bond acceptors (Lipinski definition) is 4. The van der Waals surface area contributed by atoms with Crippen molar-refractivity contribution in [3.8, 4) is 17.2 Å². The maximum Gasteiger partial charge on any atom is 0.410 e. The summed E-state index contributed by atoms with van der Waals surface area (Å²) in [7, 11) is -1.48. The Bertz CT molecular complexity index is 725. The normalized spacial score (nSPS) is 20.0. The van der Waals surface area contributed by atoms with E-state index in [4.69, 9.17) is 9.47 Å². The zero-order valence-electron chi connectivity index (χ0n) is 17.6. The van der Waals surface area contributed by atoms with E-state index in [0.717, 1.165) is 12.0 Å². The molecule has 0 saturated carbocycles. The minimum Gasteiger partial charge on any atom is -0.489 e. The summed E-state index contributed by atoms with van der Waals surface area (Å²) in [6.07, 6.45) is 4.05. The molecule has 5 nitrogen and oxygen atoms in total. The summed E-state index contributed by atoms with van der Waals surface area (Å²) in [5.41, 5.74) is 3.71. The van der Waals surface area contributed by atoms with E-state index in [0.29, 0.717) is 24.8 Å². The summed E-state index contributed by atoms with van der Waals surface area (Å²) in [5, 5.41) is 0. The van der Waals surface area contributed by atoms with Crippen LogP contribution in [0.25, 0.3) is 0 Å². The number of pyridine rings is 1. The second kappa shape index (κ2) is 8.35. The molecule has 1 aromatic rings. The van der Waals surface area contributed by atoms with Crippen molar-refractivity contribution < 1.29 is 14.3 Å². The molecular formula is C21H32N2O3Si. The van der Waals surface area contributed by atoms with Gasteiger partial charge in [-0.15, -0.1) is 5.54 Å². The van der Waals surface area contributed by atoms with E-state index in [1.807, 2.05) is 26.8 Å². The Hall–Kier alpha value is -2.00. The molecule has 1 aliphatic heterocycles. The van der Waals surface area contributed by atoms with Crippen molar-refractivity contribution in [2.45, 2.75) is 65.4 Å². The van der Waals surface area contributed by atoms with Gasteiger partial charge in [-0.25, -0.2) is 4.79 Å². The standard InChI is InChI=1S/C21H32N2O3Si/c1-16-12-18(23(14-16)20(24)26-21(2,3)4)15-25-19-13-22-10-8-17(19)9-11-27(5,6)7/h8,10,13,16,18H,12,14-15H2,1-7H3/t16-,18-/m0/s1. The third-order valence-corrected chi connectivity index (χ3v) is 4.91. The van der Waals surface area contributed by atoms with Crippen molar-refractivity contribution in [3.63, 3.8) is 0 Å². The number of ether oxygens (including phenoxy) is 2. The summed E-state index contributed by atoms with van der Waals surface area (Å²) in [6.45, 7) is 15.5. The average molecular weight is 389 g/mol. The van der Waals surface area contributed by atoms with Crippen molar-refractivity contribution in [2.75, 3.05) is 13.2 Å². The zero-order valence-corrected chi connectivity index (χ0v) is 18.6. The summed E-state index contributed by atoms with van der Waals surface area (Å²) < 4.78 is 11.6. The zero-order chi connectivity index (χ0) is 20.2. The highest BCUT2D eigenvalue weighted by molar-refractivity contribution is 6.83. The van der Waals surface area contributed by atoms with Crippen LogP contribution in [-0.2, 0) is 4.74 Å². The first-order valence-corrected chi connectivity index (χ1v) is 13.0. The van der Waals surface area contributed by atoms with E-state index in [1.165, 1.54) is 0 Å². The fourth-order valence-corrected chi connectivity index (χ4v) is 3.40. The van der Waals surface area contributed by atoms with Crippen LogP contribution in [0.4, 0.5) is 4.79 Å². The van der Waals surface area contributed by atoms with Crippen LogP contribution < -0.4 is 4.74 Å². The fourth-order valence-electron chi connectivity index (χ4n) is 2.89. The number of amides is 1. The molecule has 0 radical (unpaired) electrons. The molecule has 1 aliphatic rings. The molecule has 0 aromatic carbocycles. The largest absolute Gasteiger partial charge is 0.489 e. The summed E-state index contributed by atoms with van der Waals surface area (Å²) >= 11 is 0. The molecule has 1 saturated heterocycles. The van der Waals surface area contributed by atoms with Crippen LogP contribution in [0.2, 0.25) is 19.6 Å².